The standard InChI is InChI=1S/C21H28O4S.K/c1-2-3-4-5-6-7-9-13-18-14-12-17-20(26(22,23)24)21(18)25-19-15-10-8-11-16-19;/h8,10-12,14-17H,2-7,9,13H2,1H3,(H,22,23,24);/q;+1/p-1. The minimum absolute atomic E-state index is 0. The van der Waals surface area contributed by atoms with Crippen LogP contribution in [0.5, 0.6) is 11.5 Å². The average molecular weight is 415 g/mol. The Labute approximate surface area is 205 Å². The van der Waals surface area contributed by atoms with Crippen molar-refractivity contribution < 1.29 is 69.1 Å². The van der Waals surface area contributed by atoms with Crippen LogP contribution in [0.4, 0.5) is 0 Å². The average Bonchev–Trinajstić information content (AvgIpc) is 2.62. The third-order valence-corrected chi connectivity index (χ3v) is 5.20. The summed E-state index contributed by atoms with van der Waals surface area (Å²) in [6.07, 6.45) is 8.91. The van der Waals surface area contributed by atoms with Gasteiger partial charge < -0.3 is 9.29 Å². The van der Waals surface area contributed by atoms with Gasteiger partial charge in [-0.15, -0.1) is 0 Å². The second-order valence-corrected chi connectivity index (χ2v) is 7.83. The molecule has 142 valence electrons. The van der Waals surface area contributed by atoms with Gasteiger partial charge in [-0.25, -0.2) is 8.42 Å². The summed E-state index contributed by atoms with van der Waals surface area (Å²) in [7, 11) is -4.60. The number of para-hydroxylation sites is 2. The summed E-state index contributed by atoms with van der Waals surface area (Å²) in [5.41, 5.74) is 0.763. The minimum Gasteiger partial charge on any atom is -0.744 e. The van der Waals surface area contributed by atoms with E-state index in [0.29, 0.717) is 12.2 Å². The molecule has 0 amide bonds. The van der Waals surface area contributed by atoms with Crippen LogP contribution >= 0.6 is 0 Å². The molecule has 2 aromatic carbocycles. The molecule has 6 heteroatoms. The van der Waals surface area contributed by atoms with Crippen LogP contribution in [0.25, 0.3) is 0 Å². The van der Waals surface area contributed by atoms with Crippen LogP contribution in [0.1, 0.15) is 57.4 Å². The van der Waals surface area contributed by atoms with E-state index in [-0.39, 0.29) is 62.0 Å². The molecule has 2 aromatic rings. The topological polar surface area (TPSA) is 66.4 Å². The molecule has 4 nitrogen and oxygen atoms in total. The first-order chi connectivity index (χ1) is 12.5. The third kappa shape index (κ3) is 8.77. The van der Waals surface area contributed by atoms with Crippen molar-refractivity contribution in [3.8, 4) is 11.5 Å². The minimum atomic E-state index is -4.60. The van der Waals surface area contributed by atoms with E-state index in [1.807, 2.05) is 12.1 Å². The summed E-state index contributed by atoms with van der Waals surface area (Å²) in [4.78, 5) is -0.290. The molecular weight excluding hydrogens is 387 g/mol. The second-order valence-electron chi connectivity index (χ2n) is 6.48. The molecule has 0 aromatic heterocycles. The van der Waals surface area contributed by atoms with E-state index in [4.69, 9.17) is 4.74 Å². The summed E-state index contributed by atoms with van der Waals surface area (Å²) in [6, 6.07) is 13.7. The molecule has 0 aliphatic heterocycles. The van der Waals surface area contributed by atoms with Gasteiger partial charge in [-0.1, -0.05) is 75.8 Å². The fourth-order valence-electron chi connectivity index (χ4n) is 2.95. The van der Waals surface area contributed by atoms with Crippen molar-refractivity contribution in [2.45, 2.75) is 63.2 Å². The number of ether oxygens (including phenoxy) is 1. The van der Waals surface area contributed by atoms with E-state index < -0.39 is 10.1 Å². The number of unbranched alkanes of at least 4 members (excludes halogenated alkanes) is 6. The third-order valence-electron chi connectivity index (χ3n) is 4.34. The molecule has 27 heavy (non-hydrogen) atoms. The fraction of sp³-hybridized carbons (Fsp3) is 0.429. The monoisotopic (exact) mass is 414 g/mol. The Morgan fingerprint density at radius 2 is 1.48 bits per heavy atom. The Morgan fingerprint density at radius 3 is 2.11 bits per heavy atom. The van der Waals surface area contributed by atoms with E-state index in [9.17, 15) is 13.0 Å². The van der Waals surface area contributed by atoms with Crippen molar-refractivity contribution in [1.82, 2.24) is 0 Å². The molecular formula is C21H27KO4S. The number of aryl methyl sites for hydroxylation is 1. The van der Waals surface area contributed by atoms with Crippen LogP contribution in [0, 0.1) is 0 Å². The first-order valence-corrected chi connectivity index (χ1v) is 10.7. The molecule has 0 unspecified atom stereocenters. The van der Waals surface area contributed by atoms with Crippen LogP contribution < -0.4 is 56.1 Å². The van der Waals surface area contributed by atoms with Crippen molar-refractivity contribution in [3.63, 3.8) is 0 Å². The van der Waals surface area contributed by atoms with E-state index >= 15 is 0 Å². The zero-order chi connectivity index (χ0) is 18.8. The molecule has 0 saturated carbocycles. The summed E-state index contributed by atoms with van der Waals surface area (Å²) in [6.45, 7) is 2.20. The molecule has 0 fully saturated rings. The molecule has 0 N–H and O–H groups in total. The zero-order valence-corrected chi connectivity index (χ0v) is 20.3. The molecule has 0 aliphatic rings. The predicted octanol–water partition coefficient (Wildman–Crippen LogP) is 2.68. The molecule has 0 heterocycles. The number of hydrogen-bond donors (Lipinski definition) is 0. The van der Waals surface area contributed by atoms with Crippen molar-refractivity contribution in [3.05, 3.63) is 54.1 Å². The van der Waals surface area contributed by atoms with Gasteiger partial charge in [0.05, 0.1) is 4.90 Å². The molecule has 0 saturated heterocycles. The van der Waals surface area contributed by atoms with E-state index in [2.05, 4.69) is 6.92 Å². The van der Waals surface area contributed by atoms with Gasteiger partial charge in [0.25, 0.3) is 0 Å². The summed E-state index contributed by atoms with van der Waals surface area (Å²) in [5, 5.41) is 0. The van der Waals surface area contributed by atoms with Crippen LogP contribution in [-0.2, 0) is 16.5 Å². The van der Waals surface area contributed by atoms with E-state index in [1.165, 1.54) is 38.2 Å². The maximum atomic E-state index is 11.6. The van der Waals surface area contributed by atoms with Gasteiger partial charge in [0.15, 0.2) is 0 Å². The normalized spacial score (nSPS) is 11.0. The Balaban J connectivity index is 0.00000364. The fourth-order valence-corrected chi connectivity index (χ4v) is 3.59. The maximum Gasteiger partial charge on any atom is 1.00 e. The molecule has 0 aliphatic carbocycles. The summed E-state index contributed by atoms with van der Waals surface area (Å²) >= 11 is 0. The summed E-state index contributed by atoms with van der Waals surface area (Å²) in [5.74, 6) is 0.684. The molecule has 0 atom stereocenters. The first-order valence-electron chi connectivity index (χ1n) is 9.33. The Hall–Kier alpha value is -0.214. The van der Waals surface area contributed by atoms with Gasteiger partial charge >= 0.3 is 51.4 Å². The van der Waals surface area contributed by atoms with Crippen molar-refractivity contribution in [1.29, 1.82) is 0 Å². The van der Waals surface area contributed by atoms with Crippen molar-refractivity contribution >= 4 is 10.1 Å². The summed E-state index contributed by atoms with van der Waals surface area (Å²) < 4.78 is 40.7. The van der Waals surface area contributed by atoms with Gasteiger partial charge in [0.1, 0.15) is 21.6 Å². The van der Waals surface area contributed by atoms with Crippen LogP contribution in [-0.4, -0.2) is 13.0 Å². The molecule has 2 rings (SSSR count). The number of rotatable bonds is 11. The van der Waals surface area contributed by atoms with Crippen LogP contribution in [0.2, 0.25) is 0 Å². The maximum absolute atomic E-state index is 11.6. The number of benzene rings is 2. The van der Waals surface area contributed by atoms with Gasteiger partial charge in [-0.05, 0) is 36.6 Å². The van der Waals surface area contributed by atoms with E-state index in [1.54, 1.807) is 30.3 Å². The molecule has 0 bridgehead atoms. The smallest absolute Gasteiger partial charge is 0.744 e. The molecule has 0 radical (unpaired) electrons. The SMILES string of the molecule is CCCCCCCCCc1cccc(S(=O)(=O)[O-])c1Oc1ccccc1.[K+]. The molecule has 0 spiro atoms. The van der Waals surface area contributed by atoms with Crippen molar-refractivity contribution in [2.75, 3.05) is 0 Å². The largest absolute Gasteiger partial charge is 1.00 e. The number of hydrogen-bond acceptors (Lipinski definition) is 4. The van der Waals surface area contributed by atoms with E-state index in [0.717, 1.165) is 18.4 Å². The van der Waals surface area contributed by atoms with Gasteiger partial charge in [-0.2, -0.15) is 0 Å². The van der Waals surface area contributed by atoms with Gasteiger partial charge in [0, 0.05) is 0 Å². The predicted molar refractivity (Wildman–Crippen MR) is 103 cm³/mol. The Kier molecular flexibility index (Phi) is 12.0. The Morgan fingerprint density at radius 1 is 0.852 bits per heavy atom. The first kappa shape index (κ1) is 24.8. The zero-order valence-electron chi connectivity index (χ0n) is 16.3. The van der Waals surface area contributed by atoms with Gasteiger partial charge in [0.2, 0.25) is 0 Å². The van der Waals surface area contributed by atoms with Crippen molar-refractivity contribution in [2.24, 2.45) is 0 Å². The second kappa shape index (κ2) is 13.1. The quantitative estimate of drug-likeness (QED) is 0.322. The van der Waals surface area contributed by atoms with Crippen LogP contribution in [0.3, 0.4) is 0 Å². The van der Waals surface area contributed by atoms with Crippen LogP contribution in [0.15, 0.2) is 53.4 Å². The Bertz CT molecular complexity index is 776. The van der Waals surface area contributed by atoms with Gasteiger partial charge in [-0.3, -0.25) is 0 Å².